The van der Waals surface area contributed by atoms with Crippen molar-refractivity contribution in [2.24, 2.45) is 0 Å². The van der Waals surface area contributed by atoms with Crippen LogP contribution in [0.3, 0.4) is 0 Å². The minimum Gasteiger partial charge on any atom is -0.468 e. The number of H-pyrrole nitrogens is 1. The number of nitrogens with one attached hydrogen (secondary N) is 4. The lowest BCUT2D eigenvalue weighted by molar-refractivity contribution is -0.117. The van der Waals surface area contributed by atoms with Crippen molar-refractivity contribution in [2.75, 3.05) is 0 Å². The highest BCUT2D eigenvalue weighted by atomic mass is 32.2. The number of amides is 2. The summed E-state index contributed by atoms with van der Waals surface area (Å²) in [5.74, 6) is -0.633. The Hall–Kier alpha value is -4.48. The van der Waals surface area contributed by atoms with E-state index in [1.165, 1.54) is 30.5 Å². The lowest BCUT2D eigenvalue weighted by atomic mass is 10.1. The number of carbonyl (C=O) groups is 2. The average Bonchev–Trinajstić information content (AvgIpc) is 3.58. The standard InChI is InChI=1S/C24H21N5O5S/c30-23(28-29-24(31)22-15-21(26-27-22)18-5-2-1-3-6-18)13-10-17-8-11-20(12-9-17)35(32,33)25-16-19-7-4-14-34-19/h1-15,25H,16H2,(H,26,27)(H,28,30)(H,29,31)/b13-10+. The van der Waals surface area contributed by atoms with Crippen molar-refractivity contribution < 1.29 is 22.4 Å². The lowest BCUT2D eigenvalue weighted by Crippen LogP contribution is -2.40. The van der Waals surface area contributed by atoms with Crippen LogP contribution in [0.5, 0.6) is 0 Å². The van der Waals surface area contributed by atoms with E-state index >= 15 is 0 Å². The number of nitrogens with zero attached hydrogens (tertiary/aromatic N) is 1. The maximum absolute atomic E-state index is 12.4. The molecule has 0 radical (unpaired) electrons. The van der Waals surface area contributed by atoms with Crippen LogP contribution in [0.4, 0.5) is 0 Å². The van der Waals surface area contributed by atoms with Crippen LogP contribution < -0.4 is 15.6 Å². The fraction of sp³-hybridized carbons (Fsp3) is 0.0417. The first-order chi connectivity index (χ1) is 16.9. The lowest BCUT2D eigenvalue weighted by Gasteiger charge is -2.06. The Bertz CT molecular complexity index is 1430. The zero-order chi connectivity index (χ0) is 24.7. The van der Waals surface area contributed by atoms with Gasteiger partial charge in [-0.15, -0.1) is 0 Å². The summed E-state index contributed by atoms with van der Waals surface area (Å²) < 4.78 is 32.3. The number of hydrazine groups is 1. The van der Waals surface area contributed by atoms with Crippen molar-refractivity contribution in [3.05, 3.63) is 102 Å². The second-order valence-electron chi connectivity index (χ2n) is 7.28. The van der Waals surface area contributed by atoms with Gasteiger partial charge in [0, 0.05) is 11.6 Å². The Morgan fingerprint density at radius 1 is 0.971 bits per heavy atom. The van der Waals surface area contributed by atoms with Gasteiger partial charge in [-0.2, -0.15) is 5.10 Å². The summed E-state index contributed by atoms with van der Waals surface area (Å²) >= 11 is 0. The van der Waals surface area contributed by atoms with E-state index in [1.54, 1.807) is 30.3 Å². The van der Waals surface area contributed by atoms with Crippen molar-refractivity contribution in [3.63, 3.8) is 0 Å². The maximum Gasteiger partial charge on any atom is 0.287 e. The Kier molecular flexibility index (Phi) is 7.19. The van der Waals surface area contributed by atoms with Gasteiger partial charge in [0.25, 0.3) is 11.8 Å². The van der Waals surface area contributed by atoms with Gasteiger partial charge in [-0.05, 0) is 42.0 Å². The number of aromatic amines is 1. The topological polar surface area (TPSA) is 146 Å². The maximum atomic E-state index is 12.4. The predicted octanol–water partition coefficient (Wildman–Crippen LogP) is 2.62. The number of hydrogen-bond acceptors (Lipinski definition) is 6. The Balaban J connectivity index is 1.28. The van der Waals surface area contributed by atoms with E-state index < -0.39 is 21.8 Å². The third-order valence-corrected chi connectivity index (χ3v) is 6.24. The Morgan fingerprint density at radius 3 is 2.46 bits per heavy atom. The first-order valence-corrected chi connectivity index (χ1v) is 11.9. The molecule has 4 rings (SSSR count). The molecule has 0 fully saturated rings. The van der Waals surface area contributed by atoms with Crippen LogP contribution in [0.1, 0.15) is 21.8 Å². The molecule has 0 aliphatic carbocycles. The highest BCUT2D eigenvalue weighted by Gasteiger charge is 2.14. The molecule has 2 aromatic carbocycles. The summed E-state index contributed by atoms with van der Waals surface area (Å²) in [5.41, 5.74) is 6.81. The third kappa shape index (κ3) is 6.31. The van der Waals surface area contributed by atoms with Gasteiger partial charge in [0.05, 0.1) is 23.4 Å². The second kappa shape index (κ2) is 10.6. The van der Waals surface area contributed by atoms with Crippen LogP contribution in [-0.4, -0.2) is 30.4 Å². The Labute approximate surface area is 201 Å². The summed E-state index contributed by atoms with van der Waals surface area (Å²) in [6.07, 6.45) is 4.16. The van der Waals surface area contributed by atoms with Gasteiger partial charge in [0.2, 0.25) is 10.0 Å². The first-order valence-electron chi connectivity index (χ1n) is 10.4. The molecular weight excluding hydrogens is 470 g/mol. The molecular formula is C24H21N5O5S. The van der Waals surface area contributed by atoms with Crippen LogP contribution in [0, 0.1) is 0 Å². The molecule has 0 saturated carbocycles. The number of sulfonamides is 1. The van der Waals surface area contributed by atoms with E-state index in [4.69, 9.17) is 4.42 Å². The molecule has 35 heavy (non-hydrogen) atoms. The molecule has 4 aromatic rings. The quantitative estimate of drug-likeness (QED) is 0.220. The second-order valence-corrected chi connectivity index (χ2v) is 9.05. The largest absolute Gasteiger partial charge is 0.468 e. The van der Waals surface area contributed by atoms with E-state index in [1.807, 2.05) is 30.3 Å². The highest BCUT2D eigenvalue weighted by molar-refractivity contribution is 7.89. The van der Waals surface area contributed by atoms with E-state index in [0.717, 1.165) is 5.56 Å². The molecule has 0 aliphatic rings. The Morgan fingerprint density at radius 2 is 1.74 bits per heavy atom. The molecule has 2 heterocycles. The van der Waals surface area contributed by atoms with Crippen molar-refractivity contribution >= 4 is 27.9 Å². The first kappa shape index (κ1) is 23.7. The zero-order valence-corrected chi connectivity index (χ0v) is 19.1. The molecule has 2 amide bonds. The molecule has 0 aliphatic heterocycles. The van der Waals surface area contributed by atoms with E-state index in [-0.39, 0.29) is 17.1 Å². The molecule has 0 atom stereocenters. The van der Waals surface area contributed by atoms with Crippen LogP contribution in [0.2, 0.25) is 0 Å². The van der Waals surface area contributed by atoms with Gasteiger partial charge in [-0.3, -0.25) is 25.5 Å². The average molecular weight is 492 g/mol. The molecule has 0 bridgehead atoms. The zero-order valence-electron chi connectivity index (χ0n) is 18.3. The van der Waals surface area contributed by atoms with Crippen LogP contribution >= 0.6 is 0 Å². The summed E-state index contributed by atoms with van der Waals surface area (Å²) in [6.45, 7) is 0.0367. The van der Waals surface area contributed by atoms with Crippen LogP contribution in [0.25, 0.3) is 17.3 Å². The van der Waals surface area contributed by atoms with Crippen molar-refractivity contribution in [3.8, 4) is 11.3 Å². The minimum absolute atomic E-state index is 0.0367. The van der Waals surface area contributed by atoms with Gasteiger partial charge >= 0.3 is 0 Å². The van der Waals surface area contributed by atoms with E-state index in [9.17, 15) is 18.0 Å². The fourth-order valence-electron chi connectivity index (χ4n) is 3.01. The number of aromatic nitrogens is 2. The molecule has 0 spiro atoms. The monoisotopic (exact) mass is 491 g/mol. The molecule has 178 valence electrons. The number of hydrogen-bond donors (Lipinski definition) is 4. The number of benzene rings is 2. The van der Waals surface area contributed by atoms with Gasteiger partial charge in [0.15, 0.2) is 0 Å². The number of carbonyl (C=O) groups excluding carboxylic acids is 2. The van der Waals surface area contributed by atoms with Gasteiger partial charge in [-0.25, -0.2) is 13.1 Å². The van der Waals surface area contributed by atoms with Crippen molar-refractivity contribution in [1.82, 2.24) is 25.8 Å². The third-order valence-electron chi connectivity index (χ3n) is 4.83. The number of furan rings is 1. The summed E-state index contributed by atoms with van der Waals surface area (Å²) in [7, 11) is -3.71. The fourth-order valence-corrected chi connectivity index (χ4v) is 4.01. The van der Waals surface area contributed by atoms with Gasteiger partial charge in [-0.1, -0.05) is 42.5 Å². The summed E-state index contributed by atoms with van der Waals surface area (Å²) in [5, 5.41) is 6.72. The van der Waals surface area contributed by atoms with Crippen LogP contribution in [-0.2, 0) is 21.4 Å². The summed E-state index contributed by atoms with van der Waals surface area (Å²) in [4.78, 5) is 24.4. The van der Waals surface area contributed by atoms with Gasteiger partial charge < -0.3 is 4.42 Å². The molecule has 0 unspecified atom stereocenters. The van der Waals surface area contributed by atoms with E-state index in [0.29, 0.717) is 17.0 Å². The molecule has 10 nitrogen and oxygen atoms in total. The summed E-state index contributed by atoms with van der Waals surface area (Å²) in [6, 6.07) is 20.2. The molecule has 0 saturated heterocycles. The normalized spacial score (nSPS) is 11.4. The molecule has 11 heteroatoms. The van der Waals surface area contributed by atoms with Gasteiger partial charge in [0.1, 0.15) is 11.5 Å². The number of rotatable bonds is 8. The minimum atomic E-state index is -3.71. The van der Waals surface area contributed by atoms with E-state index in [2.05, 4.69) is 25.8 Å². The van der Waals surface area contributed by atoms with Crippen LogP contribution in [0.15, 0.2) is 94.4 Å². The smallest absolute Gasteiger partial charge is 0.287 e. The molecule has 4 N–H and O–H groups in total. The SMILES string of the molecule is O=C(/C=C/c1ccc(S(=O)(=O)NCc2ccco2)cc1)NNC(=O)c1cc(-c2ccccc2)n[nH]1. The predicted molar refractivity (Wildman–Crippen MR) is 128 cm³/mol. The molecule has 2 aromatic heterocycles. The van der Waals surface area contributed by atoms with Crippen molar-refractivity contribution in [2.45, 2.75) is 11.4 Å². The van der Waals surface area contributed by atoms with Crippen molar-refractivity contribution in [1.29, 1.82) is 0 Å². The highest BCUT2D eigenvalue weighted by Crippen LogP contribution is 2.16.